The van der Waals surface area contributed by atoms with E-state index >= 15 is 0 Å². The molecule has 72 valence electrons. The van der Waals surface area contributed by atoms with Crippen LogP contribution < -0.4 is 0 Å². The molecule has 0 amide bonds. The van der Waals surface area contributed by atoms with Gasteiger partial charge in [0, 0.05) is 6.04 Å². The Hall–Kier alpha value is -1.32. The van der Waals surface area contributed by atoms with Crippen molar-refractivity contribution in [3.8, 4) is 0 Å². The molecule has 1 rings (SSSR count). The van der Waals surface area contributed by atoms with Crippen LogP contribution in [-0.4, -0.2) is 20.9 Å². The Morgan fingerprint density at radius 1 is 1.77 bits per heavy atom. The van der Waals surface area contributed by atoms with E-state index in [1.54, 1.807) is 17.7 Å². The van der Waals surface area contributed by atoms with Crippen molar-refractivity contribution >= 4 is 5.97 Å². The summed E-state index contributed by atoms with van der Waals surface area (Å²) in [6.07, 6.45) is 0.876. The molecule has 1 N–H and O–H groups in total. The Morgan fingerprint density at radius 2 is 2.38 bits per heavy atom. The number of aromatic nitrogens is 2. The van der Waals surface area contributed by atoms with Gasteiger partial charge in [0.05, 0.1) is 5.69 Å². The van der Waals surface area contributed by atoms with Gasteiger partial charge in [0.2, 0.25) is 0 Å². The maximum absolute atomic E-state index is 10.8. The van der Waals surface area contributed by atoms with Gasteiger partial charge in [0.15, 0.2) is 0 Å². The molecular formula is C9H14N2O2. The standard InChI is InChI=1S/C9H14N2O2/c1-4-7(3)11-8(9(12)13)5-6(2)10-11/h5,7H,4H2,1-3H3,(H,12,13). The minimum absolute atomic E-state index is 0.139. The van der Waals surface area contributed by atoms with E-state index in [1.165, 1.54) is 0 Å². The van der Waals surface area contributed by atoms with Crippen LogP contribution in [0.5, 0.6) is 0 Å². The van der Waals surface area contributed by atoms with E-state index in [9.17, 15) is 4.79 Å². The lowest BCUT2D eigenvalue weighted by Crippen LogP contribution is -2.13. The Labute approximate surface area is 77.2 Å². The van der Waals surface area contributed by atoms with E-state index < -0.39 is 5.97 Å². The van der Waals surface area contributed by atoms with Gasteiger partial charge in [-0.15, -0.1) is 0 Å². The fourth-order valence-corrected chi connectivity index (χ4v) is 1.19. The highest BCUT2D eigenvalue weighted by Gasteiger charge is 2.15. The number of aryl methyl sites for hydroxylation is 1. The molecule has 13 heavy (non-hydrogen) atoms. The summed E-state index contributed by atoms with van der Waals surface area (Å²) < 4.78 is 1.57. The second-order valence-corrected chi connectivity index (χ2v) is 3.18. The van der Waals surface area contributed by atoms with Gasteiger partial charge in [0.1, 0.15) is 5.69 Å². The molecule has 1 aromatic rings. The third kappa shape index (κ3) is 1.88. The van der Waals surface area contributed by atoms with Crippen molar-refractivity contribution in [2.24, 2.45) is 0 Å². The lowest BCUT2D eigenvalue weighted by atomic mass is 10.2. The molecule has 0 aliphatic heterocycles. The Kier molecular flexibility index (Phi) is 2.70. The van der Waals surface area contributed by atoms with E-state index in [-0.39, 0.29) is 11.7 Å². The fourth-order valence-electron chi connectivity index (χ4n) is 1.19. The van der Waals surface area contributed by atoms with Gasteiger partial charge in [-0.25, -0.2) is 4.79 Å². The van der Waals surface area contributed by atoms with Gasteiger partial charge >= 0.3 is 5.97 Å². The normalized spacial score (nSPS) is 12.8. The van der Waals surface area contributed by atoms with Crippen LogP contribution >= 0.6 is 0 Å². The summed E-state index contributed by atoms with van der Waals surface area (Å²) in [5.41, 5.74) is 1.02. The molecule has 0 bridgehead atoms. The van der Waals surface area contributed by atoms with Gasteiger partial charge < -0.3 is 5.11 Å². The molecule has 0 saturated heterocycles. The minimum Gasteiger partial charge on any atom is -0.477 e. The highest BCUT2D eigenvalue weighted by molar-refractivity contribution is 5.85. The molecule has 1 atom stereocenters. The zero-order valence-corrected chi connectivity index (χ0v) is 8.11. The highest BCUT2D eigenvalue weighted by atomic mass is 16.4. The van der Waals surface area contributed by atoms with Crippen LogP contribution in [0.25, 0.3) is 0 Å². The van der Waals surface area contributed by atoms with E-state index in [0.717, 1.165) is 12.1 Å². The van der Waals surface area contributed by atoms with Crippen molar-refractivity contribution in [1.29, 1.82) is 0 Å². The molecule has 4 heteroatoms. The van der Waals surface area contributed by atoms with Gasteiger partial charge in [-0.1, -0.05) is 6.92 Å². The van der Waals surface area contributed by atoms with Crippen LogP contribution in [0.15, 0.2) is 6.07 Å². The summed E-state index contributed by atoms with van der Waals surface area (Å²) in [6.45, 7) is 5.76. The van der Waals surface area contributed by atoms with Crippen LogP contribution in [0.3, 0.4) is 0 Å². The summed E-state index contributed by atoms with van der Waals surface area (Å²) in [5.74, 6) is -0.916. The van der Waals surface area contributed by atoms with Crippen LogP contribution in [0.2, 0.25) is 0 Å². The molecule has 0 fully saturated rings. The number of hydrogen-bond acceptors (Lipinski definition) is 2. The quantitative estimate of drug-likeness (QED) is 0.776. The molecule has 0 aliphatic rings. The maximum atomic E-state index is 10.8. The van der Waals surface area contributed by atoms with Gasteiger partial charge in [-0.05, 0) is 26.3 Å². The number of carboxylic acids is 1. The summed E-state index contributed by atoms with van der Waals surface area (Å²) in [5, 5.41) is 13.0. The van der Waals surface area contributed by atoms with Crippen molar-refractivity contribution in [3.05, 3.63) is 17.5 Å². The summed E-state index contributed by atoms with van der Waals surface area (Å²) >= 11 is 0. The Bertz CT molecular complexity index is 317. The first-order valence-corrected chi connectivity index (χ1v) is 4.35. The third-order valence-electron chi connectivity index (χ3n) is 2.09. The predicted octanol–water partition coefficient (Wildman–Crippen LogP) is 1.86. The predicted molar refractivity (Wildman–Crippen MR) is 48.9 cm³/mol. The average molecular weight is 182 g/mol. The molecule has 4 nitrogen and oxygen atoms in total. The highest BCUT2D eigenvalue weighted by Crippen LogP contribution is 2.14. The first kappa shape index (κ1) is 9.77. The monoisotopic (exact) mass is 182 g/mol. The number of rotatable bonds is 3. The minimum atomic E-state index is -0.916. The topological polar surface area (TPSA) is 55.1 Å². The molecular weight excluding hydrogens is 168 g/mol. The summed E-state index contributed by atoms with van der Waals surface area (Å²) in [7, 11) is 0. The molecule has 1 heterocycles. The van der Waals surface area contributed by atoms with Crippen molar-refractivity contribution in [2.45, 2.75) is 33.2 Å². The SMILES string of the molecule is CCC(C)n1nc(C)cc1C(=O)O. The zero-order chi connectivity index (χ0) is 10.0. The fraction of sp³-hybridized carbons (Fsp3) is 0.556. The van der Waals surface area contributed by atoms with Crippen molar-refractivity contribution < 1.29 is 9.90 Å². The largest absolute Gasteiger partial charge is 0.477 e. The van der Waals surface area contributed by atoms with Crippen LogP contribution in [0, 0.1) is 6.92 Å². The zero-order valence-electron chi connectivity index (χ0n) is 8.11. The van der Waals surface area contributed by atoms with Crippen LogP contribution in [-0.2, 0) is 0 Å². The van der Waals surface area contributed by atoms with Crippen LogP contribution in [0.1, 0.15) is 42.5 Å². The average Bonchev–Trinajstić information content (AvgIpc) is 2.46. The smallest absolute Gasteiger partial charge is 0.354 e. The van der Waals surface area contributed by atoms with Crippen LogP contribution in [0.4, 0.5) is 0 Å². The first-order valence-electron chi connectivity index (χ1n) is 4.35. The van der Waals surface area contributed by atoms with E-state index in [2.05, 4.69) is 5.10 Å². The maximum Gasteiger partial charge on any atom is 0.354 e. The van der Waals surface area contributed by atoms with Crippen molar-refractivity contribution in [3.63, 3.8) is 0 Å². The third-order valence-corrected chi connectivity index (χ3v) is 2.09. The molecule has 0 spiro atoms. The van der Waals surface area contributed by atoms with Gasteiger partial charge in [0.25, 0.3) is 0 Å². The lowest BCUT2D eigenvalue weighted by Gasteiger charge is -2.10. The number of nitrogens with zero attached hydrogens (tertiary/aromatic N) is 2. The molecule has 0 aliphatic carbocycles. The number of hydrogen-bond donors (Lipinski definition) is 1. The molecule has 0 saturated carbocycles. The molecule has 0 aromatic carbocycles. The van der Waals surface area contributed by atoms with Crippen molar-refractivity contribution in [1.82, 2.24) is 9.78 Å². The van der Waals surface area contributed by atoms with E-state index in [4.69, 9.17) is 5.11 Å². The van der Waals surface area contributed by atoms with Gasteiger partial charge in [-0.2, -0.15) is 5.10 Å². The molecule has 1 aromatic heterocycles. The number of carbonyl (C=O) groups is 1. The molecule has 0 radical (unpaired) electrons. The van der Waals surface area contributed by atoms with Gasteiger partial charge in [-0.3, -0.25) is 4.68 Å². The second-order valence-electron chi connectivity index (χ2n) is 3.18. The van der Waals surface area contributed by atoms with Crippen molar-refractivity contribution in [2.75, 3.05) is 0 Å². The second kappa shape index (κ2) is 3.60. The number of carboxylic acid groups (broad SMARTS) is 1. The lowest BCUT2D eigenvalue weighted by molar-refractivity contribution is 0.0680. The first-order chi connectivity index (χ1) is 6.06. The number of aromatic carboxylic acids is 1. The summed E-state index contributed by atoms with van der Waals surface area (Å²) in [4.78, 5) is 10.8. The molecule has 1 unspecified atom stereocenters. The van der Waals surface area contributed by atoms with E-state index in [1.807, 2.05) is 13.8 Å². The Balaban J connectivity index is 3.11. The van der Waals surface area contributed by atoms with E-state index in [0.29, 0.717) is 0 Å². The summed E-state index contributed by atoms with van der Waals surface area (Å²) in [6, 6.07) is 1.73. The Morgan fingerprint density at radius 3 is 2.85 bits per heavy atom.